The van der Waals surface area contributed by atoms with E-state index in [1.165, 1.54) is 11.8 Å². The Bertz CT molecular complexity index is 731. The molecule has 0 saturated heterocycles. The van der Waals surface area contributed by atoms with Crippen molar-refractivity contribution in [3.8, 4) is 0 Å². The molecule has 0 N–H and O–H groups in total. The highest BCUT2D eigenvalue weighted by Gasteiger charge is 2.12. The Morgan fingerprint density at radius 3 is 2.85 bits per heavy atom. The van der Waals surface area contributed by atoms with Gasteiger partial charge >= 0.3 is 0 Å². The SMILES string of the molecule is CN(C)c1ccc2nc(/C=C/C3=NC(=O)CS3)sc2c1. The van der Waals surface area contributed by atoms with Crippen LogP contribution in [-0.2, 0) is 4.79 Å². The molecular weight excluding hydrogens is 290 g/mol. The topological polar surface area (TPSA) is 45.6 Å². The minimum Gasteiger partial charge on any atom is -0.378 e. The van der Waals surface area contributed by atoms with E-state index in [-0.39, 0.29) is 5.91 Å². The van der Waals surface area contributed by atoms with Gasteiger partial charge in [-0.1, -0.05) is 11.8 Å². The summed E-state index contributed by atoms with van der Waals surface area (Å²) < 4.78 is 1.16. The van der Waals surface area contributed by atoms with E-state index in [1.54, 1.807) is 11.3 Å². The van der Waals surface area contributed by atoms with Crippen molar-refractivity contribution in [3.05, 3.63) is 29.3 Å². The minimum atomic E-state index is -0.0606. The minimum absolute atomic E-state index is 0.0606. The summed E-state index contributed by atoms with van der Waals surface area (Å²) in [6.07, 6.45) is 3.78. The van der Waals surface area contributed by atoms with Crippen LogP contribution in [-0.4, -0.2) is 35.8 Å². The van der Waals surface area contributed by atoms with E-state index in [0.717, 1.165) is 26.0 Å². The summed E-state index contributed by atoms with van der Waals surface area (Å²) in [5.41, 5.74) is 2.16. The number of thioether (sulfide) groups is 1. The van der Waals surface area contributed by atoms with Gasteiger partial charge in [-0.25, -0.2) is 9.98 Å². The van der Waals surface area contributed by atoms with Crippen LogP contribution >= 0.6 is 23.1 Å². The smallest absolute Gasteiger partial charge is 0.257 e. The van der Waals surface area contributed by atoms with Gasteiger partial charge in [-0.15, -0.1) is 11.3 Å². The van der Waals surface area contributed by atoms with Crippen LogP contribution < -0.4 is 4.90 Å². The van der Waals surface area contributed by atoms with Gasteiger partial charge in [0.2, 0.25) is 0 Å². The maximum Gasteiger partial charge on any atom is 0.257 e. The van der Waals surface area contributed by atoms with E-state index in [4.69, 9.17) is 0 Å². The highest BCUT2D eigenvalue weighted by atomic mass is 32.2. The summed E-state index contributed by atoms with van der Waals surface area (Å²) in [4.78, 5) is 21.6. The van der Waals surface area contributed by atoms with Crippen LogP contribution in [0.15, 0.2) is 29.3 Å². The lowest BCUT2D eigenvalue weighted by molar-refractivity contribution is -0.115. The Kier molecular flexibility index (Phi) is 3.58. The van der Waals surface area contributed by atoms with Gasteiger partial charge in [0.25, 0.3) is 5.91 Å². The lowest BCUT2D eigenvalue weighted by atomic mass is 10.3. The number of carbonyl (C=O) groups excluding carboxylic acids is 1. The molecule has 1 amide bonds. The lowest BCUT2D eigenvalue weighted by Gasteiger charge is -2.11. The zero-order chi connectivity index (χ0) is 14.1. The predicted molar refractivity (Wildman–Crippen MR) is 87.9 cm³/mol. The first kappa shape index (κ1) is 13.3. The molecule has 2 heterocycles. The summed E-state index contributed by atoms with van der Waals surface area (Å²) >= 11 is 3.11. The van der Waals surface area contributed by atoms with E-state index in [1.807, 2.05) is 32.3 Å². The molecule has 0 saturated carbocycles. The Morgan fingerprint density at radius 2 is 2.15 bits per heavy atom. The first-order valence-corrected chi connectivity index (χ1v) is 7.92. The van der Waals surface area contributed by atoms with E-state index in [9.17, 15) is 4.79 Å². The first-order chi connectivity index (χ1) is 9.61. The normalized spacial score (nSPS) is 15.3. The molecule has 20 heavy (non-hydrogen) atoms. The van der Waals surface area contributed by atoms with Gasteiger partial charge in [-0.2, -0.15) is 0 Å². The van der Waals surface area contributed by atoms with E-state index >= 15 is 0 Å². The average molecular weight is 303 g/mol. The monoisotopic (exact) mass is 303 g/mol. The number of amides is 1. The molecule has 0 bridgehead atoms. The number of rotatable bonds is 3. The molecule has 4 nitrogen and oxygen atoms in total. The van der Waals surface area contributed by atoms with Crippen LogP contribution in [0.4, 0.5) is 5.69 Å². The van der Waals surface area contributed by atoms with E-state index in [0.29, 0.717) is 5.75 Å². The van der Waals surface area contributed by atoms with E-state index in [2.05, 4.69) is 27.0 Å². The second-order valence-electron chi connectivity index (χ2n) is 4.56. The van der Waals surface area contributed by atoms with Crippen molar-refractivity contribution >= 4 is 56.0 Å². The number of hydrogen-bond donors (Lipinski definition) is 0. The molecular formula is C14H13N3OS2. The van der Waals surface area contributed by atoms with Crippen molar-refractivity contribution < 1.29 is 4.79 Å². The van der Waals surface area contributed by atoms with Gasteiger partial charge in [-0.3, -0.25) is 4.79 Å². The van der Waals surface area contributed by atoms with Gasteiger partial charge < -0.3 is 4.90 Å². The summed E-state index contributed by atoms with van der Waals surface area (Å²) in [5, 5.41) is 1.70. The Labute approximate surface area is 125 Å². The standard InChI is InChI=1S/C14H13N3OS2/c1-17(2)9-3-4-10-11(7-9)20-14(15-10)6-5-13-16-12(18)8-19-13/h3-7H,8H2,1-2H3/b6-5+. The van der Waals surface area contributed by atoms with Crippen LogP contribution in [0.3, 0.4) is 0 Å². The van der Waals surface area contributed by atoms with Crippen molar-refractivity contribution in [1.29, 1.82) is 0 Å². The second-order valence-corrected chi connectivity index (χ2v) is 6.62. The van der Waals surface area contributed by atoms with Crippen LogP contribution in [0.2, 0.25) is 0 Å². The molecule has 0 unspecified atom stereocenters. The molecule has 0 atom stereocenters. The maximum absolute atomic E-state index is 11.0. The summed E-state index contributed by atoms with van der Waals surface area (Å²) in [7, 11) is 4.05. The number of hydrogen-bond acceptors (Lipinski definition) is 5. The molecule has 0 radical (unpaired) electrons. The number of thiazole rings is 1. The van der Waals surface area contributed by atoms with Gasteiger partial charge in [0.15, 0.2) is 0 Å². The zero-order valence-corrected chi connectivity index (χ0v) is 12.8. The number of benzene rings is 1. The van der Waals surface area contributed by atoms with Crippen molar-refractivity contribution in [1.82, 2.24) is 4.98 Å². The maximum atomic E-state index is 11.0. The number of anilines is 1. The summed E-state index contributed by atoms with van der Waals surface area (Å²) in [6, 6.07) is 6.23. The van der Waals surface area contributed by atoms with Crippen LogP contribution in [0.1, 0.15) is 5.01 Å². The molecule has 1 aliphatic heterocycles. The third-order valence-electron chi connectivity index (χ3n) is 2.85. The molecule has 102 valence electrons. The first-order valence-electron chi connectivity index (χ1n) is 6.12. The highest BCUT2D eigenvalue weighted by molar-refractivity contribution is 8.15. The van der Waals surface area contributed by atoms with Crippen LogP contribution in [0.25, 0.3) is 16.3 Å². The second kappa shape index (κ2) is 5.38. The van der Waals surface area contributed by atoms with Crippen molar-refractivity contribution in [2.45, 2.75) is 0 Å². The molecule has 3 rings (SSSR count). The molecule has 2 aromatic rings. The Hall–Kier alpha value is -1.66. The molecule has 6 heteroatoms. The average Bonchev–Trinajstić information content (AvgIpc) is 3.00. The Balaban J connectivity index is 1.87. The van der Waals surface area contributed by atoms with Crippen LogP contribution in [0, 0.1) is 0 Å². The largest absolute Gasteiger partial charge is 0.378 e. The lowest BCUT2D eigenvalue weighted by Crippen LogP contribution is -2.07. The zero-order valence-electron chi connectivity index (χ0n) is 11.2. The fourth-order valence-corrected chi connectivity index (χ4v) is 3.40. The molecule has 1 aliphatic rings. The highest BCUT2D eigenvalue weighted by Crippen LogP contribution is 2.27. The van der Waals surface area contributed by atoms with Gasteiger partial charge in [0, 0.05) is 19.8 Å². The predicted octanol–water partition coefficient (Wildman–Crippen LogP) is 3.05. The fourth-order valence-electron chi connectivity index (χ4n) is 1.83. The summed E-state index contributed by atoms with van der Waals surface area (Å²) in [6.45, 7) is 0. The van der Waals surface area contributed by atoms with Gasteiger partial charge in [-0.05, 0) is 30.4 Å². The third-order valence-corrected chi connectivity index (χ3v) is 4.75. The van der Waals surface area contributed by atoms with Crippen molar-refractivity contribution in [2.24, 2.45) is 4.99 Å². The molecule has 0 spiro atoms. The van der Waals surface area contributed by atoms with Gasteiger partial charge in [0.1, 0.15) is 10.1 Å². The van der Waals surface area contributed by atoms with Crippen LogP contribution in [0.5, 0.6) is 0 Å². The molecule has 0 aliphatic carbocycles. The van der Waals surface area contributed by atoms with Crippen molar-refractivity contribution in [3.63, 3.8) is 0 Å². The molecule has 1 aromatic carbocycles. The number of fused-ring (bicyclic) bond motifs is 1. The van der Waals surface area contributed by atoms with Crippen molar-refractivity contribution in [2.75, 3.05) is 24.7 Å². The van der Waals surface area contributed by atoms with Gasteiger partial charge in [0.05, 0.1) is 16.0 Å². The van der Waals surface area contributed by atoms with E-state index < -0.39 is 0 Å². The summed E-state index contributed by atoms with van der Waals surface area (Å²) in [5.74, 6) is 0.390. The fraction of sp³-hybridized carbons (Fsp3) is 0.214. The quantitative estimate of drug-likeness (QED) is 0.874. The molecule has 1 aromatic heterocycles. The number of aliphatic imine (C=N–C) groups is 1. The Morgan fingerprint density at radius 1 is 1.30 bits per heavy atom. The number of carbonyl (C=O) groups is 1. The molecule has 0 fully saturated rings. The third kappa shape index (κ3) is 2.76. The number of aromatic nitrogens is 1. The number of nitrogens with zero attached hydrogens (tertiary/aromatic N) is 3.